The molecule has 2 aromatic rings. The number of nitrogens with zero attached hydrogens (tertiary/aromatic N) is 2. The van der Waals surface area contributed by atoms with E-state index in [4.69, 9.17) is 4.74 Å². The number of pyridine rings is 1. The molecule has 2 amide bonds. The van der Waals surface area contributed by atoms with Gasteiger partial charge >= 0.3 is 0 Å². The second kappa shape index (κ2) is 6.08. The van der Waals surface area contributed by atoms with E-state index in [1.165, 1.54) is 4.90 Å². The number of aryl methyl sites for hydroxylation is 1. The molecular weight excluding hydrogens is 294 g/mol. The van der Waals surface area contributed by atoms with Crippen LogP contribution in [0.3, 0.4) is 0 Å². The molecule has 1 N–H and O–H groups in total. The van der Waals surface area contributed by atoms with Gasteiger partial charge in [0.05, 0.1) is 5.69 Å². The third-order valence-electron chi connectivity index (χ3n) is 3.56. The quantitative estimate of drug-likeness (QED) is 0.942. The molecule has 1 aliphatic heterocycles. The Balaban J connectivity index is 1.78. The van der Waals surface area contributed by atoms with E-state index in [9.17, 15) is 9.59 Å². The van der Waals surface area contributed by atoms with E-state index in [1.807, 2.05) is 19.1 Å². The Hall–Kier alpha value is -2.89. The smallest absolute Gasteiger partial charge is 0.268 e. The third kappa shape index (κ3) is 3.15. The fourth-order valence-electron chi connectivity index (χ4n) is 2.45. The van der Waals surface area contributed by atoms with Crippen molar-refractivity contribution in [1.82, 2.24) is 4.98 Å². The summed E-state index contributed by atoms with van der Waals surface area (Å²) in [5.41, 5.74) is 1.60. The van der Waals surface area contributed by atoms with Gasteiger partial charge in [0, 0.05) is 6.20 Å². The average Bonchev–Trinajstić information content (AvgIpc) is 2.52. The molecule has 0 aliphatic carbocycles. The number of carbonyl (C=O) groups is 2. The highest BCUT2D eigenvalue weighted by molar-refractivity contribution is 6.05. The van der Waals surface area contributed by atoms with E-state index in [1.54, 1.807) is 37.4 Å². The summed E-state index contributed by atoms with van der Waals surface area (Å²) in [6, 6.07) is 10.8. The van der Waals surface area contributed by atoms with Crippen molar-refractivity contribution in [2.24, 2.45) is 0 Å². The van der Waals surface area contributed by atoms with Gasteiger partial charge in [-0.25, -0.2) is 4.98 Å². The van der Waals surface area contributed by atoms with Gasteiger partial charge in [0.15, 0.2) is 6.10 Å². The van der Waals surface area contributed by atoms with Gasteiger partial charge in [-0.1, -0.05) is 12.1 Å². The predicted molar refractivity (Wildman–Crippen MR) is 86.5 cm³/mol. The molecule has 118 valence electrons. The zero-order valence-corrected chi connectivity index (χ0v) is 12.9. The number of ether oxygens (including phenoxy) is 1. The number of hydrogen-bond acceptors (Lipinski definition) is 4. The van der Waals surface area contributed by atoms with Crippen LogP contribution in [0, 0.1) is 6.92 Å². The van der Waals surface area contributed by atoms with Crippen LogP contribution in [0.5, 0.6) is 5.75 Å². The molecule has 1 aliphatic rings. The summed E-state index contributed by atoms with van der Waals surface area (Å²) in [5, 5.41) is 2.71. The number of aromatic nitrogens is 1. The summed E-state index contributed by atoms with van der Waals surface area (Å²) in [6.07, 6.45) is 1.01. The van der Waals surface area contributed by atoms with Crippen LogP contribution in [0.25, 0.3) is 0 Å². The summed E-state index contributed by atoms with van der Waals surface area (Å²) >= 11 is 0. The number of benzene rings is 1. The average molecular weight is 311 g/mol. The number of para-hydroxylation sites is 2. The van der Waals surface area contributed by atoms with Gasteiger partial charge in [-0.2, -0.15) is 0 Å². The van der Waals surface area contributed by atoms with Gasteiger partial charge in [-0.05, 0) is 43.7 Å². The predicted octanol–water partition coefficient (Wildman–Crippen LogP) is 2.14. The van der Waals surface area contributed by atoms with E-state index in [0.29, 0.717) is 17.3 Å². The standard InChI is InChI=1S/C17H17N3O3/c1-11-7-8-18-15(9-11)19-16(21)10-20-13-5-3-4-6-14(13)23-12(2)17(20)22/h3-9,12H,10H2,1-2H3,(H,18,19,21)/t12-/m1/s1. The van der Waals surface area contributed by atoms with Crippen LogP contribution in [-0.4, -0.2) is 29.4 Å². The van der Waals surface area contributed by atoms with Crippen LogP contribution in [-0.2, 0) is 9.59 Å². The van der Waals surface area contributed by atoms with E-state index in [0.717, 1.165) is 5.56 Å². The molecule has 1 aromatic heterocycles. The number of amides is 2. The molecule has 3 rings (SSSR count). The maximum Gasteiger partial charge on any atom is 0.268 e. The first-order valence-electron chi connectivity index (χ1n) is 7.34. The monoisotopic (exact) mass is 311 g/mol. The van der Waals surface area contributed by atoms with E-state index in [-0.39, 0.29) is 18.4 Å². The first-order chi connectivity index (χ1) is 11.0. The van der Waals surface area contributed by atoms with Crippen molar-refractivity contribution < 1.29 is 14.3 Å². The lowest BCUT2D eigenvalue weighted by molar-refractivity contribution is -0.127. The lowest BCUT2D eigenvalue weighted by Gasteiger charge is -2.32. The topological polar surface area (TPSA) is 71.5 Å². The molecular formula is C17H17N3O3. The minimum absolute atomic E-state index is 0.0842. The van der Waals surface area contributed by atoms with Crippen molar-refractivity contribution in [2.45, 2.75) is 20.0 Å². The molecule has 23 heavy (non-hydrogen) atoms. The van der Waals surface area contributed by atoms with Crippen molar-refractivity contribution in [1.29, 1.82) is 0 Å². The molecule has 0 radical (unpaired) electrons. The van der Waals surface area contributed by atoms with Crippen LogP contribution in [0.15, 0.2) is 42.6 Å². The number of fused-ring (bicyclic) bond motifs is 1. The van der Waals surface area contributed by atoms with Gasteiger partial charge in [-0.3, -0.25) is 14.5 Å². The molecule has 0 bridgehead atoms. The fourth-order valence-corrected chi connectivity index (χ4v) is 2.45. The molecule has 2 heterocycles. The fraction of sp³-hybridized carbons (Fsp3) is 0.235. The Morgan fingerprint density at radius 1 is 1.35 bits per heavy atom. The van der Waals surface area contributed by atoms with Crippen LogP contribution in [0.1, 0.15) is 12.5 Å². The zero-order chi connectivity index (χ0) is 16.4. The van der Waals surface area contributed by atoms with Crippen LogP contribution < -0.4 is 15.0 Å². The van der Waals surface area contributed by atoms with Crippen molar-refractivity contribution in [3.05, 3.63) is 48.2 Å². The Kier molecular flexibility index (Phi) is 3.97. The molecule has 0 unspecified atom stereocenters. The second-order valence-corrected chi connectivity index (χ2v) is 5.42. The summed E-state index contributed by atoms with van der Waals surface area (Å²) < 4.78 is 5.55. The Bertz CT molecular complexity index is 760. The normalized spacial score (nSPS) is 16.5. The Labute approximate surface area is 134 Å². The Morgan fingerprint density at radius 3 is 2.91 bits per heavy atom. The first kappa shape index (κ1) is 15.0. The zero-order valence-electron chi connectivity index (χ0n) is 12.9. The highest BCUT2D eigenvalue weighted by Crippen LogP contribution is 2.33. The SMILES string of the molecule is Cc1ccnc(NC(=O)CN2C(=O)[C@@H](C)Oc3ccccc32)c1. The first-order valence-corrected chi connectivity index (χ1v) is 7.34. The molecule has 0 saturated heterocycles. The third-order valence-corrected chi connectivity index (χ3v) is 3.56. The summed E-state index contributed by atoms with van der Waals surface area (Å²) in [4.78, 5) is 30.1. The van der Waals surface area contributed by atoms with Crippen LogP contribution >= 0.6 is 0 Å². The molecule has 6 heteroatoms. The van der Waals surface area contributed by atoms with E-state index >= 15 is 0 Å². The molecule has 0 saturated carbocycles. The second-order valence-electron chi connectivity index (χ2n) is 5.42. The van der Waals surface area contributed by atoms with Gasteiger partial charge in [0.1, 0.15) is 18.1 Å². The van der Waals surface area contributed by atoms with Gasteiger partial charge in [0.2, 0.25) is 5.91 Å². The van der Waals surface area contributed by atoms with Gasteiger partial charge in [-0.15, -0.1) is 0 Å². The van der Waals surface area contributed by atoms with E-state index < -0.39 is 6.10 Å². The van der Waals surface area contributed by atoms with Crippen LogP contribution in [0.4, 0.5) is 11.5 Å². The largest absolute Gasteiger partial charge is 0.479 e. The van der Waals surface area contributed by atoms with Gasteiger partial charge < -0.3 is 10.1 Å². The number of anilines is 2. The van der Waals surface area contributed by atoms with Crippen molar-refractivity contribution in [3.8, 4) is 5.75 Å². The number of nitrogens with one attached hydrogen (secondary N) is 1. The summed E-state index contributed by atoms with van der Waals surface area (Å²) in [5.74, 6) is 0.523. The minimum atomic E-state index is -0.616. The van der Waals surface area contributed by atoms with Crippen molar-refractivity contribution in [2.75, 3.05) is 16.8 Å². The van der Waals surface area contributed by atoms with Crippen molar-refractivity contribution in [3.63, 3.8) is 0 Å². The highest BCUT2D eigenvalue weighted by atomic mass is 16.5. The molecule has 0 spiro atoms. The minimum Gasteiger partial charge on any atom is -0.479 e. The Morgan fingerprint density at radius 2 is 2.13 bits per heavy atom. The van der Waals surface area contributed by atoms with Crippen molar-refractivity contribution >= 4 is 23.3 Å². The van der Waals surface area contributed by atoms with Gasteiger partial charge in [0.25, 0.3) is 5.91 Å². The maximum atomic E-state index is 12.3. The molecule has 1 atom stereocenters. The number of rotatable bonds is 3. The highest BCUT2D eigenvalue weighted by Gasteiger charge is 2.32. The number of hydrogen-bond donors (Lipinski definition) is 1. The van der Waals surface area contributed by atoms with E-state index in [2.05, 4.69) is 10.3 Å². The summed E-state index contributed by atoms with van der Waals surface area (Å²) in [7, 11) is 0. The molecule has 0 fully saturated rings. The number of carbonyl (C=O) groups excluding carboxylic acids is 2. The van der Waals surface area contributed by atoms with Crippen LogP contribution in [0.2, 0.25) is 0 Å². The lowest BCUT2D eigenvalue weighted by atomic mass is 10.2. The molecule has 6 nitrogen and oxygen atoms in total. The summed E-state index contributed by atoms with van der Waals surface area (Å²) in [6.45, 7) is 3.51. The molecule has 1 aromatic carbocycles. The lowest BCUT2D eigenvalue weighted by Crippen LogP contribution is -2.47. The maximum absolute atomic E-state index is 12.3.